The van der Waals surface area contributed by atoms with Gasteiger partial charge in [0.15, 0.2) is 0 Å². The van der Waals surface area contributed by atoms with E-state index in [1.807, 2.05) is 0 Å². The second-order valence-corrected chi connectivity index (χ2v) is 6.80. The second-order valence-electron chi connectivity index (χ2n) is 4.66. The van der Waals surface area contributed by atoms with Gasteiger partial charge in [0.25, 0.3) is 10.2 Å². The van der Waals surface area contributed by atoms with E-state index in [4.69, 9.17) is 16.3 Å². The Hall–Kier alpha value is -0.870. The SMILES string of the molecule is O=S(=O)(NC(c1ccc(Cl)cc1)C(F)(F)F)N1CCOCC1. The lowest BCUT2D eigenvalue weighted by atomic mass is 10.1. The van der Waals surface area contributed by atoms with Gasteiger partial charge in [-0.2, -0.15) is 30.6 Å². The summed E-state index contributed by atoms with van der Waals surface area (Å²) in [5.74, 6) is 0. The van der Waals surface area contributed by atoms with Crippen LogP contribution in [0.2, 0.25) is 5.02 Å². The van der Waals surface area contributed by atoms with E-state index in [1.165, 1.54) is 12.1 Å². The summed E-state index contributed by atoms with van der Waals surface area (Å²) in [6, 6.07) is 2.50. The van der Waals surface area contributed by atoms with Crippen LogP contribution in [0.3, 0.4) is 0 Å². The first kappa shape index (κ1) is 17.5. The van der Waals surface area contributed by atoms with Crippen molar-refractivity contribution in [1.82, 2.24) is 9.03 Å². The molecule has 1 aromatic rings. The molecule has 1 aromatic carbocycles. The van der Waals surface area contributed by atoms with Crippen LogP contribution < -0.4 is 4.72 Å². The Balaban J connectivity index is 2.25. The third kappa shape index (κ3) is 4.32. The molecule has 0 radical (unpaired) electrons. The van der Waals surface area contributed by atoms with Crippen LogP contribution in [0.5, 0.6) is 0 Å². The first-order valence-corrected chi connectivity index (χ1v) is 8.19. The van der Waals surface area contributed by atoms with Gasteiger partial charge in [0.2, 0.25) is 0 Å². The van der Waals surface area contributed by atoms with E-state index in [0.717, 1.165) is 16.4 Å². The molecule has 1 saturated heterocycles. The van der Waals surface area contributed by atoms with Crippen LogP contribution >= 0.6 is 11.6 Å². The molecule has 22 heavy (non-hydrogen) atoms. The standard InChI is InChI=1S/C12H14ClF3N2O3S/c13-10-3-1-9(2-4-10)11(12(14,15)16)17-22(19,20)18-5-7-21-8-6-18/h1-4,11,17H,5-8H2. The minimum atomic E-state index is -4.77. The van der Waals surface area contributed by atoms with Crippen LogP contribution in [0.4, 0.5) is 13.2 Å². The first-order valence-electron chi connectivity index (χ1n) is 6.37. The largest absolute Gasteiger partial charge is 0.408 e. The zero-order valence-electron chi connectivity index (χ0n) is 11.3. The van der Waals surface area contributed by atoms with Crippen molar-refractivity contribution in [2.75, 3.05) is 26.3 Å². The third-order valence-electron chi connectivity index (χ3n) is 3.11. The molecule has 1 fully saturated rings. The molecule has 0 aliphatic carbocycles. The van der Waals surface area contributed by atoms with E-state index in [2.05, 4.69) is 0 Å². The second kappa shape index (κ2) is 6.71. The molecule has 5 nitrogen and oxygen atoms in total. The molecule has 2 rings (SSSR count). The number of ether oxygens (including phenoxy) is 1. The zero-order valence-corrected chi connectivity index (χ0v) is 12.9. The molecular formula is C12H14ClF3N2O3S. The van der Waals surface area contributed by atoms with E-state index in [-0.39, 0.29) is 36.9 Å². The maximum Gasteiger partial charge on any atom is 0.408 e. The molecule has 1 aliphatic heterocycles. The summed E-state index contributed by atoms with van der Waals surface area (Å²) in [6.45, 7) is 0.331. The van der Waals surface area contributed by atoms with Gasteiger partial charge in [-0.1, -0.05) is 23.7 Å². The van der Waals surface area contributed by atoms with E-state index in [1.54, 1.807) is 4.72 Å². The average molecular weight is 359 g/mol. The molecule has 0 amide bonds. The number of halogens is 4. The van der Waals surface area contributed by atoms with Gasteiger partial charge in [-0.15, -0.1) is 0 Å². The highest BCUT2D eigenvalue weighted by atomic mass is 35.5. The normalized spacial score (nSPS) is 19.1. The Morgan fingerprint density at radius 3 is 2.23 bits per heavy atom. The Morgan fingerprint density at radius 2 is 1.73 bits per heavy atom. The third-order valence-corrected chi connectivity index (χ3v) is 4.94. The van der Waals surface area contributed by atoms with E-state index < -0.39 is 22.4 Å². The van der Waals surface area contributed by atoms with Crippen molar-refractivity contribution in [3.8, 4) is 0 Å². The molecule has 1 atom stereocenters. The average Bonchev–Trinajstić information content (AvgIpc) is 2.46. The Bertz CT molecular complexity index is 601. The molecule has 0 aromatic heterocycles. The predicted octanol–water partition coefficient (Wildman–Crippen LogP) is 2.11. The highest BCUT2D eigenvalue weighted by molar-refractivity contribution is 7.87. The number of rotatable bonds is 4. The number of alkyl halides is 3. The van der Waals surface area contributed by atoms with Crippen molar-refractivity contribution in [3.63, 3.8) is 0 Å². The minimum Gasteiger partial charge on any atom is -0.379 e. The lowest BCUT2D eigenvalue weighted by Crippen LogP contribution is -2.49. The summed E-state index contributed by atoms with van der Waals surface area (Å²) >= 11 is 5.64. The minimum absolute atomic E-state index is 0.0144. The van der Waals surface area contributed by atoms with Crippen LogP contribution in [-0.4, -0.2) is 45.2 Å². The molecule has 0 bridgehead atoms. The van der Waals surface area contributed by atoms with Gasteiger partial charge >= 0.3 is 6.18 Å². The van der Waals surface area contributed by atoms with Gasteiger partial charge in [-0.05, 0) is 17.7 Å². The highest BCUT2D eigenvalue weighted by Crippen LogP contribution is 2.34. The number of nitrogens with one attached hydrogen (secondary N) is 1. The number of benzene rings is 1. The molecular weight excluding hydrogens is 345 g/mol. The lowest BCUT2D eigenvalue weighted by molar-refractivity contribution is -0.153. The summed E-state index contributed by atoms with van der Waals surface area (Å²) in [6.07, 6.45) is -4.77. The van der Waals surface area contributed by atoms with E-state index in [0.29, 0.717) is 0 Å². The fraction of sp³-hybridized carbons (Fsp3) is 0.500. The van der Waals surface area contributed by atoms with Crippen molar-refractivity contribution >= 4 is 21.8 Å². The Morgan fingerprint density at radius 1 is 1.18 bits per heavy atom. The number of nitrogens with zero attached hydrogens (tertiary/aromatic N) is 1. The van der Waals surface area contributed by atoms with Gasteiger partial charge < -0.3 is 4.74 Å². The Labute approximate surface area is 131 Å². The predicted molar refractivity (Wildman–Crippen MR) is 74.7 cm³/mol. The highest BCUT2D eigenvalue weighted by Gasteiger charge is 2.44. The zero-order chi connectivity index (χ0) is 16.4. The van der Waals surface area contributed by atoms with Crippen LogP contribution in [-0.2, 0) is 14.9 Å². The molecule has 1 N–H and O–H groups in total. The summed E-state index contributed by atoms with van der Waals surface area (Å²) in [4.78, 5) is 0. The van der Waals surface area contributed by atoms with Gasteiger partial charge in [0.05, 0.1) is 13.2 Å². The number of hydrogen-bond donors (Lipinski definition) is 1. The van der Waals surface area contributed by atoms with Crippen LogP contribution in [0, 0.1) is 0 Å². The van der Waals surface area contributed by atoms with Crippen molar-refractivity contribution < 1.29 is 26.3 Å². The fourth-order valence-electron chi connectivity index (χ4n) is 1.99. The molecule has 1 aliphatic rings. The van der Waals surface area contributed by atoms with Crippen LogP contribution in [0.25, 0.3) is 0 Å². The van der Waals surface area contributed by atoms with Crippen molar-refractivity contribution in [2.24, 2.45) is 0 Å². The molecule has 124 valence electrons. The van der Waals surface area contributed by atoms with Crippen molar-refractivity contribution in [1.29, 1.82) is 0 Å². The summed E-state index contributed by atoms with van der Waals surface area (Å²) in [5.41, 5.74) is -0.228. The lowest BCUT2D eigenvalue weighted by Gasteiger charge is -2.29. The van der Waals surface area contributed by atoms with Gasteiger partial charge in [0, 0.05) is 18.1 Å². The van der Waals surface area contributed by atoms with Crippen LogP contribution in [0.1, 0.15) is 11.6 Å². The van der Waals surface area contributed by atoms with Crippen LogP contribution in [0.15, 0.2) is 24.3 Å². The molecule has 0 spiro atoms. The van der Waals surface area contributed by atoms with Gasteiger partial charge in [0.1, 0.15) is 6.04 Å². The van der Waals surface area contributed by atoms with Crippen molar-refractivity contribution in [3.05, 3.63) is 34.9 Å². The number of morpholine rings is 1. The first-order chi connectivity index (χ1) is 10.2. The molecule has 0 saturated carbocycles. The monoisotopic (exact) mass is 358 g/mol. The smallest absolute Gasteiger partial charge is 0.379 e. The maximum absolute atomic E-state index is 13.2. The summed E-state index contributed by atoms with van der Waals surface area (Å²) in [7, 11) is -4.27. The summed E-state index contributed by atoms with van der Waals surface area (Å²) in [5, 5.41) is 0.265. The molecule has 1 heterocycles. The summed E-state index contributed by atoms with van der Waals surface area (Å²) < 4.78 is 71.5. The Kier molecular flexibility index (Phi) is 5.33. The fourth-order valence-corrected chi connectivity index (χ4v) is 3.46. The van der Waals surface area contributed by atoms with Crippen molar-refractivity contribution in [2.45, 2.75) is 12.2 Å². The maximum atomic E-state index is 13.2. The van der Waals surface area contributed by atoms with E-state index in [9.17, 15) is 21.6 Å². The van der Waals surface area contributed by atoms with E-state index >= 15 is 0 Å². The molecule has 10 heteroatoms. The molecule has 1 unspecified atom stereocenters. The van der Waals surface area contributed by atoms with Gasteiger partial charge in [-0.25, -0.2) is 0 Å². The van der Waals surface area contributed by atoms with Gasteiger partial charge in [-0.3, -0.25) is 0 Å². The topological polar surface area (TPSA) is 58.6 Å². The quantitative estimate of drug-likeness (QED) is 0.896. The number of hydrogen-bond acceptors (Lipinski definition) is 3.